The van der Waals surface area contributed by atoms with E-state index >= 15 is 0 Å². The van der Waals surface area contributed by atoms with Crippen LogP contribution in [-0.4, -0.2) is 43.2 Å². The number of nitrogens with zero attached hydrogens (tertiary/aromatic N) is 1. The highest BCUT2D eigenvalue weighted by Crippen LogP contribution is 2.22. The zero-order valence-corrected chi connectivity index (χ0v) is 13.3. The topological polar surface area (TPSA) is 32.3 Å². The summed E-state index contributed by atoms with van der Waals surface area (Å²) >= 11 is 0. The maximum Gasteiger partial charge on any atom is 0.401 e. The van der Waals surface area contributed by atoms with Gasteiger partial charge in [0.1, 0.15) is 0 Å². The highest BCUT2D eigenvalue weighted by molar-refractivity contribution is 5.78. The van der Waals surface area contributed by atoms with E-state index in [9.17, 15) is 18.0 Å². The van der Waals surface area contributed by atoms with Gasteiger partial charge in [-0.05, 0) is 44.3 Å². The number of carbonyl (C=O) groups excluding carboxylic acids is 1. The zero-order chi connectivity index (χ0) is 16.9. The van der Waals surface area contributed by atoms with Crippen LogP contribution in [0.1, 0.15) is 24.0 Å². The number of nitrogens with one attached hydrogen (secondary N) is 1. The van der Waals surface area contributed by atoms with Gasteiger partial charge in [0.25, 0.3) is 0 Å². The van der Waals surface area contributed by atoms with Gasteiger partial charge in [0, 0.05) is 6.54 Å². The van der Waals surface area contributed by atoms with Crippen molar-refractivity contribution in [2.45, 2.75) is 32.4 Å². The summed E-state index contributed by atoms with van der Waals surface area (Å²) in [6.07, 6.45) is -2.40. The normalized spacial score (nSPS) is 17.2. The number of alkyl halides is 3. The molecule has 128 valence electrons. The van der Waals surface area contributed by atoms with E-state index in [4.69, 9.17) is 0 Å². The minimum absolute atomic E-state index is 0.0340. The fourth-order valence-corrected chi connectivity index (χ4v) is 2.93. The molecule has 0 bridgehead atoms. The molecule has 0 aliphatic carbocycles. The Kier molecular flexibility index (Phi) is 6.04. The lowest BCUT2D eigenvalue weighted by Crippen LogP contribution is -2.42. The van der Waals surface area contributed by atoms with E-state index in [-0.39, 0.29) is 11.8 Å². The van der Waals surface area contributed by atoms with Crippen molar-refractivity contribution in [2.75, 3.05) is 26.2 Å². The summed E-state index contributed by atoms with van der Waals surface area (Å²) in [6.45, 7) is 2.58. The summed E-state index contributed by atoms with van der Waals surface area (Å²) in [6, 6.07) is 7.81. The zero-order valence-electron chi connectivity index (χ0n) is 13.3. The van der Waals surface area contributed by atoms with Gasteiger partial charge in [0.2, 0.25) is 5.91 Å². The van der Waals surface area contributed by atoms with Crippen LogP contribution in [-0.2, 0) is 11.2 Å². The van der Waals surface area contributed by atoms with Crippen molar-refractivity contribution in [1.82, 2.24) is 10.2 Å². The van der Waals surface area contributed by atoms with Crippen LogP contribution in [0.2, 0.25) is 0 Å². The Morgan fingerprint density at radius 3 is 2.61 bits per heavy atom. The molecule has 3 nitrogen and oxygen atoms in total. The molecule has 1 aromatic rings. The Labute approximate surface area is 134 Å². The van der Waals surface area contributed by atoms with E-state index in [1.165, 1.54) is 4.90 Å². The molecule has 1 aromatic carbocycles. The second-order valence-electron chi connectivity index (χ2n) is 6.30. The van der Waals surface area contributed by atoms with Gasteiger partial charge < -0.3 is 5.32 Å². The molecule has 1 aliphatic rings. The SMILES string of the molecule is Cc1cccc(CC(=O)NCC2CCN(CC(F)(F)F)CC2)c1. The molecular weight excluding hydrogens is 305 g/mol. The number of carbonyl (C=O) groups is 1. The summed E-state index contributed by atoms with van der Waals surface area (Å²) in [4.78, 5) is 13.4. The molecule has 0 saturated carbocycles. The van der Waals surface area contributed by atoms with Crippen LogP contribution in [0.4, 0.5) is 13.2 Å². The van der Waals surface area contributed by atoms with Gasteiger partial charge >= 0.3 is 6.18 Å². The Hall–Kier alpha value is -1.56. The summed E-state index contributed by atoms with van der Waals surface area (Å²) in [7, 11) is 0. The number of hydrogen-bond donors (Lipinski definition) is 1. The van der Waals surface area contributed by atoms with Crippen LogP contribution in [0.25, 0.3) is 0 Å². The average molecular weight is 328 g/mol. The predicted molar refractivity (Wildman–Crippen MR) is 83.1 cm³/mol. The number of piperidine rings is 1. The number of amides is 1. The fraction of sp³-hybridized carbons (Fsp3) is 0.588. The molecule has 0 spiro atoms. The smallest absolute Gasteiger partial charge is 0.356 e. The quantitative estimate of drug-likeness (QED) is 0.901. The Balaban J connectivity index is 1.68. The molecule has 1 heterocycles. The fourth-order valence-electron chi connectivity index (χ4n) is 2.93. The number of rotatable bonds is 5. The minimum Gasteiger partial charge on any atom is -0.356 e. The lowest BCUT2D eigenvalue weighted by molar-refractivity contribution is -0.148. The van der Waals surface area contributed by atoms with E-state index in [1.807, 2.05) is 31.2 Å². The van der Waals surface area contributed by atoms with Gasteiger partial charge in [0.15, 0.2) is 0 Å². The maximum absolute atomic E-state index is 12.3. The van der Waals surface area contributed by atoms with Gasteiger partial charge in [-0.15, -0.1) is 0 Å². The van der Waals surface area contributed by atoms with Gasteiger partial charge in [-0.1, -0.05) is 29.8 Å². The van der Waals surface area contributed by atoms with E-state index in [0.29, 0.717) is 38.9 Å². The first kappa shape index (κ1) is 17.8. The molecule has 1 aliphatic heterocycles. The lowest BCUT2D eigenvalue weighted by atomic mass is 9.96. The molecule has 2 rings (SSSR count). The van der Waals surface area contributed by atoms with Gasteiger partial charge in [-0.25, -0.2) is 0 Å². The third-order valence-corrected chi connectivity index (χ3v) is 4.15. The molecule has 0 atom stereocenters. The first-order valence-corrected chi connectivity index (χ1v) is 7.93. The molecule has 1 N–H and O–H groups in total. The van der Waals surface area contributed by atoms with Crippen molar-refractivity contribution >= 4 is 5.91 Å². The van der Waals surface area contributed by atoms with Gasteiger partial charge in [-0.3, -0.25) is 9.69 Å². The molecule has 1 saturated heterocycles. The second-order valence-corrected chi connectivity index (χ2v) is 6.30. The number of benzene rings is 1. The number of aryl methyl sites for hydroxylation is 1. The third-order valence-electron chi connectivity index (χ3n) is 4.15. The van der Waals surface area contributed by atoms with Crippen LogP contribution in [0.5, 0.6) is 0 Å². The van der Waals surface area contributed by atoms with Crippen LogP contribution in [0.15, 0.2) is 24.3 Å². The monoisotopic (exact) mass is 328 g/mol. The van der Waals surface area contributed by atoms with Crippen molar-refractivity contribution in [3.8, 4) is 0 Å². The van der Waals surface area contributed by atoms with Crippen LogP contribution in [0.3, 0.4) is 0 Å². The van der Waals surface area contributed by atoms with E-state index in [1.54, 1.807) is 0 Å². The van der Waals surface area contributed by atoms with Gasteiger partial charge in [-0.2, -0.15) is 13.2 Å². The van der Waals surface area contributed by atoms with E-state index in [0.717, 1.165) is 11.1 Å². The highest BCUT2D eigenvalue weighted by Gasteiger charge is 2.32. The predicted octanol–water partition coefficient (Wildman–Crippen LogP) is 2.93. The Bertz CT molecular complexity index is 523. The second kappa shape index (κ2) is 7.81. The first-order valence-electron chi connectivity index (χ1n) is 7.93. The standard InChI is InChI=1S/C17H23F3N2O/c1-13-3-2-4-15(9-13)10-16(23)21-11-14-5-7-22(8-6-14)12-17(18,19)20/h2-4,9,14H,5-8,10-12H2,1H3,(H,21,23). The van der Waals surface area contributed by atoms with E-state index < -0.39 is 12.7 Å². The number of halogens is 3. The highest BCUT2D eigenvalue weighted by atomic mass is 19.4. The van der Waals surface area contributed by atoms with Crippen LogP contribution >= 0.6 is 0 Å². The summed E-state index contributed by atoms with van der Waals surface area (Å²) in [5, 5.41) is 2.90. The van der Waals surface area contributed by atoms with Crippen LogP contribution < -0.4 is 5.32 Å². The van der Waals surface area contributed by atoms with Gasteiger partial charge in [0.05, 0.1) is 13.0 Å². The lowest BCUT2D eigenvalue weighted by Gasteiger charge is -2.32. The van der Waals surface area contributed by atoms with Crippen LogP contribution in [0, 0.1) is 12.8 Å². The molecule has 1 fully saturated rings. The molecule has 1 amide bonds. The Morgan fingerprint density at radius 2 is 2.00 bits per heavy atom. The minimum atomic E-state index is -4.13. The van der Waals surface area contributed by atoms with E-state index in [2.05, 4.69) is 5.32 Å². The van der Waals surface area contributed by atoms with Crippen molar-refractivity contribution in [2.24, 2.45) is 5.92 Å². The molecule has 6 heteroatoms. The molecule has 0 aromatic heterocycles. The molecule has 0 unspecified atom stereocenters. The van der Waals surface area contributed by atoms with Crippen molar-refractivity contribution in [1.29, 1.82) is 0 Å². The largest absolute Gasteiger partial charge is 0.401 e. The third kappa shape index (κ3) is 6.60. The average Bonchev–Trinajstić information content (AvgIpc) is 2.45. The summed E-state index contributed by atoms with van der Waals surface area (Å²) in [5.74, 6) is 0.231. The molecule has 0 radical (unpaired) electrons. The Morgan fingerprint density at radius 1 is 1.30 bits per heavy atom. The first-order chi connectivity index (χ1) is 10.8. The summed E-state index contributed by atoms with van der Waals surface area (Å²) in [5.41, 5.74) is 2.09. The number of likely N-dealkylation sites (tertiary alicyclic amines) is 1. The molecule has 23 heavy (non-hydrogen) atoms. The van der Waals surface area contributed by atoms with Crippen molar-refractivity contribution in [3.63, 3.8) is 0 Å². The van der Waals surface area contributed by atoms with Crippen molar-refractivity contribution in [3.05, 3.63) is 35.4 Å². The summed E-state index contributed by atoms with van der Waals surface area (Å²) < 4.78 is 37.0. The molecular formula is C17H23F3N2O. The van der Waals surface area contributed by atoms with Crippen molar-refractivity contribution < 1.29 is 18.0 Å². The number of hydrogen-bond acceptors (Lipinski definition) is 2. The maximum atomic E-state index is 12.3.